The lowest BCUT2D eigenvalue weighted by Gasteiger charge is -2.08. The molecule has 8 heteroatoms. The number of methoxy groups -OCH3 is 2. The van der Waals surface area contributed by atoms with Gasteiger partial charge in [0.1, 0.15) is 34.8 Å². The van der Waals surface area contributed by atoms with E-state index < -0.39 is 0 Å². The van der Waals surface area contributed by atoms with Crippen LogP contribution in [0.1, 0.15) is 32.1 Å². The quantitative estimate of drug-likeness (QED) is 0.0888. The minimum absolute atomic E-state index is 0.0730. The SMILES string of the molecule is COc1ccc(N=Nc2ccc(OCCCCCCCOc3ccc4c(=O)c(-c5ccc(OC)cc5)coc4c3)cc2)cc1. The molecule has 0 radical (unpaired) electrons. The monoisotopic (exact) mass is 592 g/mol. The molecule has 1 aromatic heterocycles. The molecule has 0 bridgehead atoms. The van der Waals surface area contributed by atoms with E-state index >= 15 is 0 Å². The van der Waals surface area contributed by atoms with Gasteiger partial charge >= 0.3 is 0 Å². The largest absolute Gasteiger partial charge is 0.497 e. The van der Waals surface area contributed by atoms with Crippen LogP contribution < -0.4 is 24.4 Å². The highest BCUT2D eigenvalue weighted by Gasteiger charge is 2.10. The van der Waals surface area contributed by atoms with E-state index in [1.54, 1.807) is 26.4 Å². The molecule has 0 fully saturated rings. The molecule has 0 saturated heterocycles. The summed E-state index contributed by atoms with van der Waals surface area (Å²) in [5.41, 5.74) is 3.27. The van der Waals surface area contributed by atoms with E-state index in [0.29, 0.717) is 35.5 Å². The van der Waals surface area contributed by atoms with Crippen LogP contribution in [0.25, 0.3) is 22.1 Å². The minimum Gasteiger partial charge on any atom is -0.497 e. The van der Waals surface area contributed by atoms with Crippen LogP contribution in [0.4, 0.5) is 11.4 Å². The molecule has 5 aromatic rings. The van der Waals surface area contributed by atoms with Crippen molar-refractivity contribution in [2.75, 3.05) is 27.4 Å². The molecule has 226 valence electrons. The van der Waals surface area contributed by atoms with Gasteiger partial charge in [-0.2, -0.15) is 10.2 Å². The highest BCUT2D eigenvalue weighted by Crippen LogP contribution is 2.26. The Bertz CT molecular complexity index is 1710. The van der Waals surface area contributed by atoms with Crippen molar-refractivity contribution >= 4 is 22.3 Å². The third-order valence-corrected chi connectivity index (χ3v) is 7.16. The summed E-state index contributed by atoms with van der Waals surface area (Å²) < 4.78 is 27.9. The number of rotatable bonds is 15. The fraction of sp³-hybridized carbons (Fsp3) is 0.250. The maximum atomic E-state index is 13.0. The fourth-order valence-corrected chi connectivity index (χ4v) is 4.66. The van der Waals surface area contributed by atoms with E-state index in [2.05, 4.69) is 10.2 Å². The number of unbranched alkanes of at least 4 members (excludes halogenated alkanes) is 4. The normalized spacial score (nSPS) is 11.1. The summed E-state index contributed by atoms with van der Waals surface area (Å²) in [6.45, 7) is 1.28. The molecule has 1 heterocycles. The zero-order valence-electron chi connectivity index (χ0n) is 25.0. The lowest BCUT2D eigenvalue weighted by Crippen LogP contribution is -2.05. The molecule has 8 nitrogen and oxygen atoms in total. The Morgan fingerprint density at radius 1 is 0.591 bits per heavy atom. The molecule has 4 aromatic carbocycles. The molecule has 0 atom stereocenters. The van der Waals surface area contributed by atoms with Crippen molar-refractivity contribution in [2.24, 2.45) is 10.2 Å². The second kappa shape index (κ2) is 15.4. The van der Waals surface area contributed by atoms with Gasteiger partial charge in [0.25, 0.3) is 0 Å². The van der Waals surface area contributed by atoms with Gasteiger partial charge in [-0.05, 0) is 91.2 Å². The summed E-state index contributed by atoms with van der Waals surface area (Å²) >= 11 is 0. The van der Waals surface area contributed by atoms with Crippen LogP contribution in [0.15, 0.2) is 117 Å². The van der Waals surface area contributed by atoms with Gasteiger partial charge in [-0.15, -0.1) is 0 Å². The van der Waals surface area contributed by atoms with Crippen molar-refractivity contribution in [1.82, 2.24) is 0 Å². The third kappa shape index (κ3) is 8.25. The molecule has 0 amide bonds. The van der Waals surface area contributed by atoms with Crippen LogP contribution in [0.5, 0.6) is 23.0 Å². The Labute approximate surface area is 256 Å². The molecule has 0 unspecified atom stereocenters. The van der Waals surface area contributed by atoms with E-state index in [-0.39, 0.29) is 5.43 Å². The van der Waals surface area contributed by atoms with E-state index in [4.69, 9.17) is 23.4 Å². The first kappa shape index (κ1) is 30.4. The van der Waals surface area contributed by atoms with Gasteiger partial charge < -0.3 is 23.4 Å². The standard InChI is InChI=1S/C36H36N2O6/c1-40-29-14-8-26(9-15-29)34-25-44-35-24-32(20-21-33(35)36(34)39)43-23-7-5-3-4-6-22-42-31-18-12-28(13-19-31)38-37-27-10-16-30(41-2)17-11-27/h8-21,24-25H,3-7,22-23H2,1-2H3. The van der Waals surface area contributed by atoms with Crippen molar-refractivity contribution in [3.63, 3.8) is 0 Å². The Kier molecular flexibility index (Phi) is 10.6. The zero-order valence-corrected chi connectivity index (χ0v) is 25.0. The van der Waals surface area contributed by atoms with Crippen LogP contribution in [0.3, 0.4) is 0 Å². The highest BCUT2D eigenvalue weighted by molar-refractivity contribution is 5.82. The molecule has 0 N–H and O–H groups in total. The molecular formula is C36H36N2O6. The maximum absolute atomic E-state index is 13.0. The lowest BCUT2D eigenvalue weighted by atomic mass is 10.1. The predicted octanol–water partition coefficient (Wildman–Crippen LogP) is 9.30. The summed E-state index contributed by atoms with van der Waals surface area (Å²) in [6.07, 6.45) is 6.71. The van der Waals surface area contributed by atoms with Gasteiger partial charge in [-0.25, -0.2) is 0 Å². The number of fused-ring (bicyclic) bond motifs is 1. The molecule has 0 spiro atoms. The molecule has 0 saturated carbocycles. The number of nitrogens with zero attached hydrogens (tertiary/aromatic N) is 2. The second-order valence-electron chi connectivity index (χ2n) is 10.2. The van der Waals surface area contributed by atoms with E-state index in [1.165, 1.54) is 6.26 Å². The van der Waals surface area contributed by atoms with Crippen LogP contribution in [-0.4, -0.2) is 27.4 Å². The van der Waals surface area contributed by atoms with Crippen molar-refractivity contribution in [2.45, 2.75) is 32.1 Å². The van der Waals surface area contributed by atoms with Gasteiger partial charge in [0.15, 0.2) is 5.43 Å². The molecule has 0 aliphatic carbocycles. The van der Waals surface area contributed by atoms with Crippen LogP contribution in [0, 0.1) is 0 Å². The highest BCUT2D eigenvalue weighted by atomic mass is 16.5. The van der Waals surface area contributed by atoms with Gasteiger partial charge in [-0.1, -0.05) is 31.4 Å². The summed E-state index contributed by atoms with van der Waals surface area (Å²) in [6, 6.07) is 27.8. The third-order valence-electron chi connectivity index (χ3n) is 7.16. The first-order valence-corrected chi connectivity index (χ1v) is 14.7. The molecule has 44 heavy (non-hydrogen) atoms. The Hall–Kier alpha value is -5.11. The van der Waals surface area contributed by atoms with Crippen molar-refractivity contribution in [1.29, 1.82) is 0 Å². The minimum atomic E-state index is -0.0730. The second-order valence-corrected chi connectivity index (χ2v) is 10.2. The van der Waals surface area contributed by atoms with Gasteiger partial charge in [-0.3, -0.25) is 4.79 Å². The lowest BCUT2D eigenvalue weighted by molar-refractivity contribution is 0.293. The van der Waals surface area contributed by atoms with Gasteiger partial charge in [0.05, 0.1) is 49.8 Å². The van der Waals surface area contributed by atoms with Crippen molar-refractivity contribution < 1.29 is 23.4 Å². The first-order chi connectivity index (χ1) is 21.6. The topological polar surface area (TPSA) is 91.9 Å². The van der Waals surface area contributed by atoms with Gasteiger partial charge in [0.2, 0.25) is 0 Å². The summed E-state index contributed by atoms with van der Waals surface area (Å²) in [7, 11) is 3.25. The predicted molar refractivity (Wildman–Crippen MR) is 172 cm³/mol. The Morgan fingerprint density at radius 3 is 1.68 bits per heavy atom. The number of benzene rings is 4. The number of hydrogen-bond donors (Lipinski definition) is 0. The average Bonchev–Trinajstić information content (AvgIpc) is 3.07. The molecule has 0 aliphatic heterocycles. The van der Waals surface area contributed by atoms with E-state index in [9.17, 15) is 4.79 Å². The summed E-state index contributed by atoms with van der Waals surface area (Å²) in [5.74, 6) is 3.04. The zero-order chi connectivity index (χ0) is 30.6. The maximum Gasteiger partial charge on any atom is 0.200 e. The number of azo groups is 1. The van der Waals surface area contributed by atoms with Crippen LogP contribution in [0.2, 0.25) is 0 Å². The smallest absolute Gasteiger partial charge is 0.200 e. The van der Waals surface area contributed by atoms with Crippen LogP contribution in [-0.2, 0) is 0 Å². The molecule has 5 rings (SSSR count). The Balaban J connectivity index is 0.970. The Morgan fingerprint density at radius 2 is 1.09 bits per heavy atom. The van der Waals surface area contributed by atoms with Crippen molar-refractivity contribution in [3.05, 3.63) is 107 Å². The van der Waals surface area contributed by atoms with E-state index in [1.807, 2.05) is 78.9 Å². The first-order valence-electron chi connectivity index (χ1n) is 14.7. The van der Waals surface area contributed by atoms with E-state index in [0.717, 1.165) is 66.3 Å². The number of ether oxygens (including phenoxy) is 4. The van der Waals surface area contributed by atoms with Gasteiger partial charge in [0, 0.05) is 6.07 Å². The summed E-state index contributed by atoms with van der Waals surface area (Å²) in [5, 5.41) is 9.05. The molecule has 0 aliphatic rings. The summed E-state index contributed by atoms with van der Waals surface area (Å²) in [4.78, 5) is 13.0. The fourth-order valence-electron chi connectivity index (χ4n) is 4.66. The number of hydrogen-bond acceptors (Lipinski definition) is 8. The average molecular weight is 593 g/mol. The van der Waals surface area contributed by atoms with Crippen molar-refractivity contribution in [3.8, 4) is 34.1 Å². The van der Waals surface area contributed by atoms with Crippen LogP contribution >= 0.6 is 0 Å². The molecular weight excluding hydrogens is 556 g/mol.